The Balaban J connectivity index is 1.65. The van der Waals surface area contributed by atoms with Gasteiger partial charge in [0, 0.05) is 24.5 Å². The number of aromatic nitrogens is 1. The van der Waals surface area contributed by atoms with Crippen molar-refractivity contribution in [2.75, 3.05) is 19.6 Å². The zero-order valence-electron chi connectivity index (χ0n) is 12.1. The average Bonchev–Trinajstić information content (AvgIpc) is 2.89. The van der Waals surface area contributed by atoms with Crippen molar-refractivity contribution in [3.05, 3.63) is 16.1 Å². The first kappa shape index (κ1) is 13.5. The largest absolute Gasteiger partial charge is 0.313 e. The standard InChI is InChI=1S/C15H25N3S/c1-11(15-10-19-12(2)17-15)18(8-13-5-6-13)9-14-4-3-7-16-14/h10-11,13-14,16H,3-9H2,1-2H3. The van der Waals surface area contributed by atoms with Gasteiger partial charge in [0.1, 0.15) is 0 Å². The van der Waals surface area contributed by atoms with Crippen molar-refractivity contribution in [1.29, 1.82) is 0 Å². The van der Waals surface area contributed by atoms with Gasteiger partial charge in [0.05, 0.1) is 16.7 Å². The summed E-state index contributed by atoms with van der Waals surface area (Å²) >= 11 is 1.77. The Hall–Kier alpha value is -0.450. The molecule has 1 saturated carbocycles. The molecule has 3 rings (SSSR count). The van der Waals surface area contributed by atoms with Gasteiger partial charge >= 0.3 is 0 Å². The molecule has 1 aromatic heterocycles. The zero-order valence-corrected chi connectivity index (χ0v) is 12.9. The fraction of sp³-hybridized carbons (Fsp3) is 0.800. The van der Waals surface area contributed by atoms with Gasteiger partial charge in [-0.3, -0.25) is 4.90 Å². The number of aryl methyl sites for hydroxylation is 1. The summed E-state index contributed by atoms with van der Waals surface area (Å²) in [4.78, 5) is 7.35. The minimum atomic E-state index is 0.466. The van der Waals surface area contributed by atoms with E-state index in [-0.39, 0.29) is 0 Å². The topological polar surface area (TPSA) is 28.2 Å². The summed E-state index contributed by atoms with van der Waals surface area (Å²) in [7, 11) is 0. The molecule has 19 heavy (non-hydrogen) atoms. The minimum absolute atomic E-state index is 0.466. The van der Waals surface area contributed by atoms with Crippen LogP contribution in [-0.2, 0) is 0 Å². The smallest absolute Gasteiger partial charge is 0.0898 e. The molecule has 1 saturated heterocycles. The maximum Gasteiger partial charge on any atom is 0.0898 e. The third-order valence-corrected chi connectivity index (χ3v) is 5.21. The highest BCUT2D eigenvalue weighted by Crippen LogP contribution is 2.33. The van der Waals surface area contributed by atoms with Gasteiger partial charge in [-0.1, -0.05) is 0 Å². The van der Waals surface area contributed by atoms with Gasteiger partial charge in [-0.2, -0.15) is 0 Å². The summed E-state index contributed by atoms with van der Waals surface area (Å²) in [6.45, 7) is 8.08. The van der Waals surface area contributed by atoms with E-state index in [1.807, 2.05) is 0 Å². The Bertz CT molecular complexity index is 407. The van der Waals surface area contributed by atoms with Crippen molar-refractivity contribution < 1.29 is 0 Å². The molecule has 3 nitrogen and oxygen atoms in total. The number of nitrogens with zero attached hydrogens (tertiary/aromatic N) is 2. The van der Waals surface area contributed by atoms with Crippen LogP contribution in [0, 0.1) is 12.8 Å². The molecular weight excluding hydrogens is 254 g/mol. The van der Waals surface area contributed by atoms with Gasteiger partial charge in [-0.25, -0.2) is 4.98 Å². The number of hydrogen-bond donors (Lipinski definition) is 1. The predicted octanol–water partition coefficient (Wildman–Crippen LogP) is 2.98. The van der Waals surface area contributed by atoms with Gasteiger partial charge in [0.15, 0.2) is 0 Å². The first-order valence-corrected chi connectivity index (χ1v) is 8.50. The second-order valence-corrected chi connectivity index (χ2v) is 7.22. The Morgan fingerprint density at radius 1 is 1.42 bits per heavy atom. The lowest BCUT2D eigenvalue weighted by atomic mass is 10.1. The highest BCUT2D eigenvalue weighted by molar-refractivity contribution is 7.09. The number of thiazole rings is 1. The molecule has 0 radical (unpaired) electrons. The van der Waals surface area contributed by atoms with Crippen molar-refractivity contribution >= 4 is 11.3 Å². The lowest BCUT2D eigenvalue weighted by Gasteiger charge is -2.30. The summed E-state index contributed by atoms with van der Waals surface area (Å²) in [5, 5.41) is 7.06. The van der Waals surface area contributed by atoms with Gasteiger partial charge in [0.25, 0.3) is 0 Å². The first-order chi connectivity index (χ1) is 9.22. The Morgan fingerprint density at radius 3 is 2.84 bits per heavy atom. The van der Waals surface area contributed by atoms with E-state index in [2.05, 4.69) is 29.4 Å². The van der Waals surface area contributed by atoms with Crippen molar-refractivity contribution in [1.82, 2.24) is 15.2 Å². The average molecular weight is 279 g/mol. The van der Waals surface area contributed by atoms with Crippen LogP contribution in [0.4, 0.5) is 0 Å². The Labute approximate surface area is 120 Å². The highest BCUT2D eigenvalue weighted by Gasteiger charge is 2.30. The van der Waals surface area contributed by atoms with Crippen LogP contribution in [0.5, 0.6) is 0 Å². The Morgan fingerprint density at radius 2 is 2.26 bits per heavy atom. The van der Waals surface area contributed by atoms with Crippen LogP contribution in [0.25, 0.3) is 0 Å². The van der Waals surface area contributed by atoms with Gasteiger partial charge in [-0.05, 0) is 52.0 Å². The molecule has 106 valence electrons. The molecule has 1 N–H and O–H groups in total. The quantitative estimate of drug-likeness (QED) is 0.867. The third-order valence-electron chi connectivity index (χ3n) is 4.42. The molecule has 0 amide bonds. The van der Waals surface area contributed by atoms with E-state index >= 15 is 0 Å². The molecule has 1 aliphatic heterocycles. The van der Waals surface area contributed by atoms with Crippen LogP contribution < -0.4 is 5.32 Å². The van der Waals surface area contributed by atoms with Crippen molar-refractivity contribution in [3.63, 3.8) is 0 Å². The van der Waals surface area contributed by atoms with Gasteiger partial charge in [0.2, 0.25) is 0 Å². The summed E-state index contributed by atoms with van der Waals surface area (Å²) < 4.78 is 0. The van der Waals surface area contributed by atoms with Crippen LogP contribution in [0.2, 0.25) is 0 Å². The zero-order chi connectivity index (χ0) is 13.2. The highest BCUT2D eigenvalue weighted by atomic mass is 32.1. The molecule has 0 bridgehead atoms. The van der Waals surface area contributed by atoms with E-state index in [9.17, 15) is 0 Å². The molecule has 0 spiro atoms. The van der Waals surface area contributed by atoms with Crippen molar-refractivity contribution in [3.8, 4) is 0 Å². The number of rotatable bonds is 6. The van der Waals surface area contributed by atoms with Gasteiger partial charge in [-0.15, -0.1) is 11.3 Å². The van der Waals surface area contributed by atoms with E-state index < -0.39 is 0 Å². The first-order valence-electron chi connectivity index (χ1n) is 7.62. The summed E-state index contributed by atoms with van der Waals surface area (Å²) in [5.41, 5.74) is 1.26. The van der Waals surface area contributed by atoms with Crippen molar-refractivity contribution in [2.24, 2.45) is 5.92 Å². The van der Waals surface area contributed by atoms with E-state index in [1.54, 1.807) is 11.3 Å². The summed E-state index contributed by atoms with van der Waals surface area (Å²) in [6.07, 6.45) is 5.53. The second-order valence-electron chi connectivity index (χ2n) is 6.16. The van der Waals surface area contributed by atoms with Gasteiger partial charge < -0.3 is 5.32 Å². The second kappa shape index (κ2) is 5.90. The number of nitrogens with one attached hydrogen (secondary N) is 1. The normalized spacial score (nSPS) is 25.1. The molecule has 1 aliphatic carbocycles. The van der Waals surface area contributed by atoms with Crippen LogP contribution in [0.1, 0.15) is 49.4 Å². The van der Waals surface area contributed by atoms with E-state index in [0.717, 1.165) is 5.92 Å². The van der Waals surface area contributed by atoms with E-state index in [4.69, 9.17) is 4.98 Å². The fourth-order valence-corrected chi connectivity index (χ4v) is 3.68. The Kier molecular flexibility index (Phi) is 4.20. The molecule has 4 heteroatoms. The van der Waals surface area contributed by atoms with Crippen LogP contribution in [-0.4, -0.2) is 35.6 Å². The molecular formula is C15H25N3S. The summed E-state index contributed by atoms with van der Waals surface area (Å²) in [6, 6.07) is 1.16. The van der Waals surface area contributed by atoms with E-state index in [1.165, 1.54) is 56.0 Å². The van der Waals surface area contributed by atoms with Crippen molar-refractivity contribution in [2.45, 2.75) is 51.6 Å². The molecule has 2 aliphatic rings. The third kappa shape index (κ3) is 3.56. The minimum Gasteiger partial charge on any atom is -0.313 e. The lowest BCUT2D eigenvalue weighted by molar-refractivity contribution is 0.181. The maximum atomic E-state index is 4.69. The predicted molar refractivity (Wildman–Crippen MR) is 80.6 cm³/mol. The molecule has 0 aromatic carbocycles. The molecule has 2 atom stereocenters. The molecule has 2 unspecified atom stereocenters. The maximum absolute atomic E-state index is 4.69. The summed E-state index contributed by atoms with van der Waals surface area (Å²) in [5.74, 6) is 0.948. The SMILES string of the molecule is Cc1nc(C(C)N(CC2CC2)CC2CCCN2)cs1. The van der Waals surface area contributed by atoms with Crippen LogP contribution in [0.3, 0.4) is 0 Å². The lowest BCUT2D eigenvalue weighted by Crippen LogP contribution is -2.40. The monoisotopic (exact) mass is 279 g/mol. The molecule has 1 aromatic rings. The fourth-order valence-electron chi connectivity index (χ4n) is 2.98. The van der Waals surface area contributed by atoms with Crippen LogP contribution >= 0.6 is 11.3 Å². The molecule has 2 fully saturated rings. The van der Waals surface area contributed by atoms with Crippen LogP contribution in [0.15, 0.2) is 5.38 Å². The number of hydrogen-bond acceptors (Lipinski definition) is 4. The van der Waals surface area contributed by atoms with E-state index in [0.29, 0.717) is 12.1 Å². The molecule has 2 heterocycles.